The van der Waals surface area contributed by atoms with Crippen LogP contribution in [0.2, 0.25) is 0 Å². The molecule has 1 heterocycles. The van der Waals surface area contributed by atoms with E-state index in [1.54, 1.807) is 56.7 Å². The highest BCUT2D eigenvalue weighted by atomic mass is 16.5. The first kappa shape index (κ1) is 19.9. The van der Waals surface area contributed by atoms with E-state index in [4.69, 9.17) is 13.9 Å². The number of ether oxygens (including phenoxy) is 2. The summed E-state index contributed by atoms with van der Waals surface area (Å²) < 4.78 is 15.8. The van der Waals surface area contributed by atoms with Gasteiger partial charge < -0.3 is 24.1 Å². The van der Waals surface area contributed by atoms with Crippen molar-refractivity contribution < 1.29 is 23.5 Å². The van der Waals surface area contributed by atoms with Crippen LogP contribution in [0.4, 0.5) is 5.69 Å². The summed E-state index contributed by atoms with van der Waals surface area (Å²) in [6.07, 6.45) is 2.94. The van der Waals surface area contributed by atoms with Crippen molar-refractivity contribution >= 4 is 17.5 Å². The fourth-order valence-corrected chi connectivity index (χ4v) is 2.74. The lowest BCUT2D eigenvalue weighted by atomic mass is 10.1. The highest BCUT2D eigenvalue weighted by molar-refractivity contribution is 6.09. The van der Waals surface area contributed by atoms with Crippen molar-refractivity contribution in [1.82, 2.24) is 9.88 Å². The van der Waals surface area contributed by atoms with Gasteiger partial charge >= 0.3 is 0 Å². The van der Waals surface area contributed by atoms with E-state index < -0.39 is 0 Å². The van der Waals surface area contributed by atoms with Crippen molar-refractivity contribution in [1.29, 1.82) is 0 Å². The van der Waals surface area contributed by atoms with Gasteiger partial charge in [0.15, 0.2) is 23.7 Å². The van der Waals surface area contributed by atoms with Crippen molar-refractivity contribution in [2.45, 2.75) is 0 Å². The fraction of sp³-hybridized carbons (Fsp3) is 0.190. The van der Waals surface area contributed by atoms with E-state index in [0.717, 1.165) is 5.56 Å². The lowest BCUT2D eigenvalue weighted by molar-refractivity contribution is 0.0828. The number of oxazole rings is 1. The maximum Gasteiger partial charge on any atom is 0.255 e. The number of anilines is 1. The van der Waals surface area contributed by atoms with Crippen LogP contribution in [0.1, 0.15) is 20.7 Å². The zero-order chi connectivity index (χ0) is 21.0. The minimum absolute atomic E-state index is 0.276. The van der Waals surface area contributed by atoms with E-state index in [0.29, 0.717) is 34.1 Å². The number of aromatic nitrogens is 1. The number of hydrogen-bond donors (Lipinski definition) is 1. The van der Waals surface area contributed by atoms with Gasteiger partial charge in [-0.1, -0.05) is 12.1 Å². The molecule has 0 aliphatic carbocycles. The minimum Gasteiger partial charge on any atom is -0.493 e. The van der Waals surface area contributed by atoms with Gasteiger partial charge in [-0.25, -0.2) is 4.98 Å². The molecule has 8 nitrogen and oxygen atoms in total. The smallest absolute Gasteiger partial charge is 0.255 e. The Bertz CT molecular complexity index is 1010. The number of amides is 2. The summed E-state index contributed by atoms with van der Waals surface area (Å²) in [5.41, 5.74) is 1.84. The molecule has 0 saturated heterocycles. The van der Waals surface area contributed by atoms with Crippen LogP contribution >= 0.6 is 0 Å². The molecule has 150 valence electrons. The second kappa shape index (κ2) is 8.47. The van der Waals surface area contributed by atoms with Gasteiger partial charge in [0.05, 0.1) is 31.7 Å². The van der Waals surface area contributed by atoms with Crippen molar-refractivity contribution in [3.05, 3.63) is 60.1 Å². The Labute approximate surface area is 168 Å². The molecule has 0 bridgehead atoms. The molecule has 2 aromatic carbocycles. The molecule has 0 fully saturated rings. The summed E-state index contributed by atoms with van der Waals surface area (Å²) in [7, 11) is 6.23. The molecule has 3 rings (SSSR count). The van der Waals surface area contributed by atoms with Crippen molar-refractivity contribution in [2.24, 2.45) is 0 Å². The molecule has 8 heteroatoms. The Kier molecular flexibility index (Phi) is 5.82. The van der Waals surface area contributed by atoms with E-state index in [1.807, 2.05) is 0 Å². The highest BCUT2D eigenvalue weighted by Crippen LogP contribution is 2.34. The van der Waals surface area contributed by atoms with E-state index >= 15 is 0 Å². The van der Waals surface area contributed by atoms with Crippen LogP contribution in [0.25, 0.3) is 11.3 Å². The molecule has 1 N–H and O–H groups in total. The second-order valence-corrected chi connectivity index (χ2v) is 6.35. The maximum absolute atomic E-state index is 12.8. The molecule has 0 unspecified atom stereocenters. The third kappa shape index (κ3) is 4.21. The maximum atomic E-state index is 12.8. The number of benzene rings is 2. The molecule has 0 radical (unpaired) electrons. The van der Waals surface area contributed by atoms with Gasteiger partial charge in [0.2, 0.25) is 0 Å². The lowest BCUT2D eigenvalue weighted by Gasteiger charge is -2.18. The summed E-state index contributed by atoms with van der Waals surface area (Å²) in [6, 6.07) is 9.97. The average Bonchev–Trinajstić information content (AvgIpc) is 3.27. The third-order valence-electron chi connectivity index (χ3n) is 4.27. The van der Waals surface area contributed by atoms with Crippen LogP contribution in [-0.2, 0) is 0 Å². The molecular weight excluding hydrogens is 374 g/mol. The first-order valence-corrected chi connectivity index (χ1v) is 8.72. The summed E-state index contributed by atoms with van der Waals surface area (Å²) in [5, 5.41) is 2.79. The Hall–Kier alpha value is -3.81. The summed E-state index contributed by atoms with van der Waals surface area (Å²) >= 11 is 0. The van der Waals surface area contributed by atoms with Crippen LogP contribution in [0, 0.1) is 0 Å². The van der Waals surface area contributed by atoms with Crippen LogP contribution in [0.15, 0.2) is 53.4 Å². The first-order valence-electron chi connectivity index (χ1n) is 8.72. The Morgan fingerprint density at radius 2 is 1.69 bits per heavy atom. The molecule has 0 aliphatic heterocycles. The average molecular weight is 395 g/mol. The zero-order valence-electron chi connectivity index (χ0n) is 16.6. The number of hydrogen-bond acceptors (Lipinski definition) is 6. The number of rotatable bonds is 6. The predicted molar refractivity (Wildman–Crippen MR) is 107 cm³/mol. The number of methoxy groups -OCH3 is 2. The molecule has 3 aromatic rings. The molecule has 0 spiro atoms. The van der Waals surface area contributed by atoms with Gasteiger partial charge in [-0.2, -0.15) is 0 Å². The normalized spacial score (nSPS) is 10.3. The van der Waals surface area contributed by atoms with Crippen LogP contribution in [0.5, 0.6) is 11.5 Å². The summed E-state index contributed by atoms with van der Waals surface area (Å²) in [5.74, 6) is 0.762. The summed E-state index contributed by atoms with van der Waals surface area (Å²) in [6.45, 7) is 0. The van der Waals surface area contributed by atoms with Gasteiger partial charge in [0.25, 0.3) is 11.8 Å². The van der Waals surface area contributed by atoms with Gasteiger partial charge in [0, 0.05) is 31.3 Å². The number of nitrogens with one attached hydrogen (secondary N) is 1. The second-order valence-electron chi connectivity index (χ2n) is 6.35. The SMILES string of the molecule is COc1cc(NC(=O)c2ccc(-c3cnco3)cc2)c(C(=O)N(C)C)cc1OC. The summed E-state index contributed by atoms with van der Waals surface area (Å²) in [4.78, 5) is 30.7. The van der Waals surface area contributed by atoms with E-state index in [2.05, 4.69) is 10.3 Å². The van der Waals surface area contributed by atoms with Gasteiger partial charge in [0.1, 0.15) is 0 Å². The van der Waals surface area contributed by atoms with Gasteiger partial charge in [-0.05, 0) is 18.2 Å². The predicted octanol–water partition coefficient (Wildman–Crippen LogP) is 3.31. The number of nitrogens with zero attached hydrogens (tertiary/aromatic N) is 2. The van der Waals surface area contributed by atoms with Gasteiger partial charge in [-0.15, -0.1) is 0 Å². The standard InChI is InChI=1S/C21H21N3O5/c1-24(2)21(26)15-9-17(27-3)18(28-4)10-16(15)23-20(25)14-7-5-13(6-8-14)19-11-22-12-29-19/h5-12H,1-4H3,(H,23,25). The molecule has 1 aromatic heterocycles. The van der Waals surface area contributed by atoms with E-state index in [9.17, 15) is 9.59 Å². The Morgan fingerprint density at radius 1 is 1.03 bits per heavy atom. The van der Waals surface area contributed by atoms with Crippen molar-refractivity contribution in [3.8, 4) is 22.8 Å². The topological polar surface area (TPSA) is 93.9 Å². The van der Waals surface area contributed by atoms with Crippen LogP contribution in [0.3, 0.4) is 0 Å². The highest BCUT2D eigenvalue weighted by Gasteiger charge is 2.20. The molecule has 0 saturated carbocycles. The first-order chi connectivity index (χ1) is 13.9. The Balaban J connectivity index is 1.91. The van der Waals surface area contributed by atoms with E-state index in [1.165, 1.54) is 25.5 Å². The number of carbonyl (C=O) groups is 2. The quantitative estimate of drug-likeness (QED) is 0.688. The Morgan fingerprint density at radius 3 is 2.24 bits per heavy atom. The monoisotopic (exact) mass is 395 g/mol. The third-order valence-corrected chi connectivity index (χ3v) is 4.27. The van der Waals surface area contributed by atoms with Crippen molar-refractivity contribution in [2.75, 3.05) is 33.6 Å². The minimum atomic E-state index is -0.367. The molecule has 0 aliphatic rings. The zero-order valence-corrected chi connectivity index (χ0v) is 16.6. The molecule has 29 heavy (non-hydrogen) atoms. The van der Waals surface area contributed by atoms with Crippen LogP contribution < -0.4 is 14.8 Å². The number of carbonyl (C=O) groups excluding carboxylic acids is 2. The lowest BCUT2D eigenvalue weighted by Crippen LogP contribution is -2.24. The van der Waals surface area contributed by atoms with Crippen LogP contribution in [-0.4, -0.2) is 50.0 Å². The van der Waals surface area contributed by atoms with E-state index in [-0.39, 0.29) is 11.8 Å². The van der Waals surface area contributed by atoms with Gasteiger partial charge in [-0.3, -0.25) is 9.59 Å². The molecule has 2 amide bonds. The molecule has 0 atom stereocenters. The largest absolute Gasteiger partial charge is 0.493 e. The fourth-order valence-electron chi connectivity index (χ4n) is 2.74. The van der Waals surface area contributed by atoms with Crippen molar-refractivity contribution in [3.63, 3.8) is 0 Å². The molecular formula is C21H21N3O5.